The van der Waals surface area contributed by atoms with E-state index in [-0.39, 0.29) is 0 Å². The van der Waals surface area contributed by atoms with Gasteiger partial charge < -0.3 is 5.73 Å². The molecule has 1 aromatic carbocycles. The van der Waals surface area contributed by atoms with Crippen LogP contribution in [0.3, 0.4) is 0 Å². The molecule has 1 aromatic rings. The third-order valence-corrected chi connectivity index (χ3v) is 2.49. The molecule has 0 saturated heterocycles. The van der Waals surface area contributed by atoms with Crippen molar-refractivity contribution < 1.29 is 13.2 Å². The second-order valence-corrected chi connectivity index (χ2v) is 4.38. The fourth-order valence-electron chi connectivity index (χ4n) is 1.47. The Kier molecular flexibility index (Phi) is 4.35. The maximum Gasteiger partial charge on any atom is 0.194 e. The molecule has 0 aliphatic rings. The van der Waals surface area contributed by atoms with Crippen molar-refractivity contribution in [1.29, 1.82) is 0 Å². The molecular weight excluding hydrogens is 215 g/mol. The van der Waals surface area contributed by atoms with Crippen molar-refractivity contribution in [2.75, 3.05) is 0 Å². The van der Waals surface area contributed by atoms with E-state index in [1.807, 2.05) is 13.8 Å². The minimum Gasteiger partial charge on any atom is -0.324 e. The molecule has 0 saturated carbocycles. The molecule has 90 valence electrons. The van der Waals surface area contributed by atoms with E-state index >= 15 is 0 Å². The van der Waals surface area contributed by atoms with Gasteiger partial charge in [0.15, 0.2) is 17.5 Å². The summed E-state index contributed by atoms with van der Waals surface area (Å²) in [5.74, 6) is -3.34. The van der Waals surface area contributed by atoms with Crippen LogP contribution in [0.4, 0.5) is 13.2 Å². The van der Waals surface area contributed by atoms with Crippen LogP contribution in [0.1, 0.15) is 38.3 Å². The molecule has 0 fully saturated rings. The molecule has 1 unspecified atom stereocenters. The minimum atomic E-state index is -1.44. The molecule has 0 radical (unpaired) electrons. The molecule has 0 aliphatic carbocycles. The number of hydrogen-bond donors (Lipinski definition) is 1. The smallest absolute Gasteiger partial charge is 0.194 e. The van der Waals surface area contributed by atoms with Crippen LogP contribution in [-0.2, 0) is 0 Å². The van der Waals surface area contributed by atoms with Crippen molar-refractivity contribution in [2.24, 2.45) is 11.7 Å². The predicted molar refractivity (Wildman–Crippen MR) is 57.3 cm³/mol. The minimum absolute atomic E-state index is 0.303. The Morgan fingerprint density at radius 1 is 1.06 bits per heavy atom. The summed E-state index contributed by atoms with van der Waals surface area (Å²) in [6.07, 6.45) is 1.49. The molecule has 0 spiro atoms. The van der Waals surface area contributed by atoms with Crippen LogP contribution in [0.25, 0.3) is 0 Å². The summed E-state index contributed by atoms with van der Waals surface area (Å²) in [6, 6.07) is 1.47. The van der Waals surface area contributed by atoms with Crippen LogP contribution in [0.5, 0.6) is 0 Å². The molecule has 0 amide bonds. The molecule has 0 aliphatic heterocycles. The Labute approximate surface area is 93.5 Å². The number of hydrogen-bond acceptors (Lipinski definition) is 1. The molecule has 2 N–H and O–H groups in total. The highest BCUT2D eigenvalue weighted by molar-refractivity contribution is 5.22. The van der Waals surface area contributed by atoms with E-state index in [1.54, 1.807) is 0 Å². The fraction of sp³-hybridized carbons (Fsp3) is 0.500. The molecule has 0 heterocycles. The van der Waals surface area contributed by atoms with Gasteiger partial charge in [0.05, 0.1) is 0 Å². The SMILES string of the molecule is CC(C)CCC(N)c1cc(F)c(F)c(F)c1. The maximum atomic E-state index is 12.9. The lowest BCUT2D eigenvalue weighted by atomic mass is 9.98. The van der Waals surface area contributed by atoms with Gasteiger partial charge in [-0.1, -0.05) is 13.8 Å². The van der Waals surface area contributed by atoms with E-state index in [2.05, 4.69) is 0 Å². The van der Waals surface area contributed by atoms with E-state index in [4.69, 9.17) is 5.73 Å². The average Bonchev–Trinajstić information content (AvgIpc) is 2.21. The number of halogens is 3. The molecule has 0 bridgehead atoms. The second kappa shape index (κ2) is 5.34. The van der Waals surface area contributed by atoms with Crippen molar-refractivity contribution in [3.63, 3.8) is 0 Å². The van der Waals surface area contributed by atoms with Crippen molar-refractivity contribution in [1.82, 2.24) is 0 Å². The van der Waals surface area contributed by atoms with Crippen LogP contribution in [0.15, 0.2) is 12.1 Å². The molecular formula is C12H16F3N. The zero-order valence-electron chi connectivity index (χ0n) is 9.43. The van der Waals surface area contributed by atoms with Gasteiger partial charge in [0.2, 0.25) is 0 Å². The summed E-state index contributed by atoms with van der Waals surface area (Å²) in [4.78, 5) is 0. The van der Waals surface area contributed by atoms with Gasteiger partial charge in [-0.3, -0.25) is 0 Å². The number of rotatable bonds is 4. The molecule has 1 rings (SSSR count). The van der Waals surface area contributed by atoms with Crippen LogP contribution < -0.4 is 5.73 Å². The summed E-state index contributed by atoms with van der Waals surface area (Å²) in [5, 5.41) is 0. The first-order chi connectivity index (χ1) is 7.41. The third kappa shape index (κ3) is 3.23. The first kappa shape index (κ1) is 13.0. The Bertz CT molecular complexity index is 340. The zero-order valence-corrected chi connectivity index (χ0v) is 9.43. The van der Waals surface area contributed by atoms with Crippen molar-refractivity contribution in [2.45, 2.75) is 32.7 Å². The Hall–Kier alpha value is -1.03. The monoisotopic (exact) mass is 231 g/mol. The van der Waals surface area contributed by atoms with Gasteiger partial charge in [-0.2, -0.15) is 0 Å². The van der Waals surface area contributed by atoms with E-state index in [0.717, 1.165) is 18.6 Å². The van der Waals surface area contributed by atoms with E-state index in [0.29, 0.717) is 17.9 Å². The summed E-state index contributed by atoms with van der Waals surface area (Å²) < 4.78 is 38.6. The zero-order chi connectivity index (χ0) is 12.3. The lowest BCUT2D eigenvalue weighted by Crippen LogP contribution is -2.12. The molecule has 4 heteroatoms. The Balaban J connectivity index is 2.80. The highest BCUT2D eigenvalue weighted by Crippen LogP contribution is 2.22. The van der Waals surface area contributed by atoms with Crippen LogP contribution >= 0.6 is 0 Å². The lowest BCUT2D eigenvalue weighted by Gasteiger charge is -2.14. The quantitative estimate of drug-likeness (QED) is 0.788. The van der Waals surface area contributed by atoms with Gasteiger partial charge in [0.25, 0.3) is 0 Å². The molecule has 0 aromatic heterocycles. The maximum absolute atomic E-state index is 12.9. The first-order valence-corrected chi connectivity index (χ1v) is 5.31. The Morgan fingerprint density at radius 2 is 1.56 bits per heavy atom. The number of benzene rings is 1. The van der Waals surface area contributed by atoms with Crippen molar-refractivity contribution in [3.05, 3.63) is 35.1 Å². The van der Waals surface area contributed by atoms with Crippen LogP contribution in [-0.4, -0.2) is 0 Å². The molecule has 1 atom stereocenters. The predicted octanol–water partition coefficient (Wildman–Crippen LogP) is 3.54. The van der Waals surface area contributed by atoms with E-state index in [9.17, 15) is 13.2 Å². The van der Waals surface area contributed by atoms with Gasteiger partial charge in [-0.25, -0.2) is 13.2 Å². The summed E-state index contributed by atoms with van der Waals surface area (Å²) in [7, 11) is 0. The summed E-state index contributed by atoms with van der Waals surface area (Å²) >= 11 is 0. The van der Waals surface area contributed by atoms with Gasteiger partial charge in [0, 0.05) is 6.04 Å². The highest BCUT2D eigenvalue weighted by Gasteiger charge is 2.14. The lowest BCUT2D eigenvalue weighted by molar-refractivity contribution is 0.440. The highest BCUT2D eigenvalue weighted by atomic mass is 19.2. The van der Waals surface area contributed by atoms with Crippen LogP contribution in [0.2, 0.25) is 0 Å². The van der Waals surface area contributed by atoms with Crippen molar-refractivity contribution >= 4 is 0 Å². The summed E-state index contributed by atoms with van der Waals surface area (Å²) in [6.45, 7) is 4.08. The van der Waals surface area contributed by atoms with E-state index < -0.39 is 23.5 Å². The topological polar surface area (TPSA) is 26.0 Å². The number of nitrogens with two attached hydrogens (primary N) is 1. The molecule has 16 heavy (non-hydrogen) atoms. The standard InChI is InChI=1S/C12H16F3N/c1-7(2)3-4-11(16)8-5-9(13)12(15)10(14)6-8/h5-7,11H,3-4,16H2,1-2H3. The van der Waals surface area contributed by atoms with Gasteiger partial charge in [-0.15, -0.1) is 0 Å². The van der Waals surface area contributed by atoms with E-state index in [1.165, 1.54) is 0 Å². The second-order valence-electron chi connectivity index (χ2n) is 4.38. The largest absolute Gasteiger partial charge is 0.324 e. The normalized spacial score (nSPS) is 13.2. The fourth-order valence-corrected chi connectivity index (χ4v) is 1.47. The Morgan fingerprint density at radius 3 is 2.00 bits per heavy atom. The molecule has 1 nitrogen and oxygen atoms in total. The average molecular weight is 231 g/mol. The first-order valence-electron chi connectivity index (χ1n) is 5.31. The van der Waals surface area contributed by atoms with Gasteiger partial charge >= 0.3 is 0 Å². The third-order valence-electron chi connectivity index (χ3n) is 2.49. The van der Waals surface area contributed by atoms with Crippen LogP contribution in [0, 0.1) is 23.4 Å². The van der Waals surface area contributed by atoms with Gasteiger partial charge in [0.1, 0.15) is 0 Å². The van der Waals surface area contributed by atoms with Gasteiger partial charge in [-0.05, 0) is 36.5 Å². The van der Waals surface area contributed by atoms with Crippen molar-refractivity contribution in [3.8, 4) is 0 Å². The summed E-state index contributed by atoms with van der Waals surface area (Å²) in [5.41, 5.74) is 6.08.